The van der Waals surface area contributed by atoms with Crippen LogP contribution in [0.2, 0.25) is 0 Å². The van der Waals surface area contributed by atoms with E-state index >= 15 is 0 Å². The molecule has 2 N–H and O–H groups in total. The number of nitrogens with zero attached hydrogens (tertiary/aromatic N) is 6. The molecular formula is C30H33N7O3. The molecule has 10 heteroatoms. The average molecular weight is 540 g/mol. The number of ether oxygens (including phenoxy) is 1. The highest BCUT2D eigenvalue weighted by molar-refractivity contribution is 5.96. The maximum absolute atomic E-state index is 13.7. The van der Waals surface area contributed by atoms with Crippen LogP contribution in [0.1, 0.15) is 57.1 Å². The van der Waals surface area contributed by atoms with Gasteiger partial charge in [-0.05, 0) is 57.2 Å². The summed E-state index contributed by atoms with van der Waals surface area (Å²) < 4.78 is 7.54. The molecule has 10 nitrogen and oxygen atoms in total. The number of aromatic nitrogens is 4. The normalized spacial score (nSPS) is 17.4. The summed E-state index contributed by atoms with van der Waals surface area (Å²) >= 11 is 0. The van der Waals surface area contributed by atoms with E-state index in [1.54, 1.807) is 26.6 Å². The van der Waals surface area contributed by atoms with Gasteiger partial charge in [0.15, 0.2) is 5.65 Å². The van der Waals surface area contributed by atoms with E-state index in [0.717, 1.165) is 35.2 Å². The van der Waals surface area contributed by atoms with Crippen LogP contribution >= 0.6 is 0 Å². The summed E-state index contributed by atoms with van der Waals surface area (Å²) in [4.78, 5) is 39.0. The van der Waals surface area contributed by atoms with E-state index < -0.39 is 11.7 Å². The second kappa shape index (κ2) is 10.0. The molecule has 1 aliphatic carbocycles. The molecule has 6 rings (SSSR count). The van der Waals surface area contributed by atoms with Gasteiger partial charge in [-0.3, -0.25) is 19.6 Å². The van der Waals surface area contributed by atoms with E-state index in [0.29, 0.717) is 29.7 Å². The summed E-state index contributed by atoms with van der Waals surface area (Å²) in [6.07, 6.45) is 5.45. The van der Waals surface area contributed by atoms with Gasteiger partial charge in [0.25, 0.3) is 0 Å². The molecule has 0 unspecified atom stereocenters. The van der Waals surface area contributed by atoms with E-state index in [2.05, 4.69) is 10.1 Å². The first-order valence-corrected chi connectivity index (χ1v) is 13.6. The highest BCUT2D eigenvalue weighted by Gasteiger charge is 2.34. The fourth-order valence-corrected chi connectivity index (χ4v) is 4.97. The Bertz CT molecular complexity index is 1560. The van der Waals surface area contributed by atoms with Gasteiger partial charge in [-0.2, -0.15) is 9.61 Å². The minimum atomic E-state index is -0.714. The van der Waals surface area contributed by atoms with Gasteiger partial charge >= 0.3 is 6.09 Å². The van der Waals surface area contributed by atoms with Crippen LogP contribution in [0.4, 0.5) is 16.4 Å². The van der Waals surface area contributed by atoms with Gasteiger partial charge in [0.2, 0.25) is 5.91 Å². The maximum Gasteiger partial charge on any atom is 0.416 e. The number of fused-ring (bicyclic) bond motifs is 1. The molecule has 4 aromatic rings. The molecule has 4 heterocycles. The van der Waals surface area contributed by atoms with Crippen LogP contribution in [0.25, 0.3) is 16.9 Å². The van der Waals surface area contributed by atoms with Gasteiger partial charge in [-0.25, -0.2) is 9.78 Å². The van der Waals surface area contributed by atoms with Crippen molar-refractivity contribution in [2.75, 3.05) is 16.3 Å². The van der Waals surface area contributed by atoms with Crippen molar-refractivity contribution >= 4 is 29.3 Å². The van der Waals surface area contributed by atoms with E-state index in [-0.39, 0.29) is 24.9 Å². The van der Waals surface area contributed by atoms with Crippen molar-refractivity contribution in [2.45, 2.75) is 64.1 Å². The van der Waals surface area contributed by atoms with Gasteiger partial charge in [0, 0.05) is 42.4 Å². The van der Waals surface area contributed by atoms with Crippen molar-refractivity contribution in [2.24, 2.45) is 5.73 Å². The molecule has 0 bridgehead atoms. The smallest absolute Gasteiger partial charge is 0.416 e. The van der Waals surface area contributed by atoms with Crippen LogP contribution in [0.3, 0.4) is 0 Å². The minimum Gasteiger partial charge on any atom is -0.443 e. The Morgan fingerprint density at radius 1 is 1.15 bits per heavy atom. The molecule has 1 saturated carbocycles. The van der Waals surface area contributed by atoms with Crippen molar-refractivity contribution < 1.29 is 14.3 Å². The monoisotopic (exact) mass is 539 g/mol. The number of hydrogen-bond donors (Lipinski definition) is 1. The standard InChI is InChI=1S/C30H33N7O3/c1-30(2,3)40-29(39)36(17-19-7-9-21(10-8-19)24-6-4-5-13-32-24)26-15-25(35-18-22(31)14-27(35)38)34-28-23(20-11-12-20)16-33-37(26)28/h4-10,13,15-16,20,22H,11-12,14,17-18,31H2,1-3H3/t22-/m0/s1. The Morgan fingerprint density at radius 2 is 1.93 bits per heavy atom. The molecule has 2 fully saturated rings. The third-order valence-corrected chi connectivity index (χ3v) is 7.06. The third kappa shape index (κ3) is 5.27. The first-order chi connectivity index (χ1) is 19.2. The van der Waals surface area contributed by atoms with Gasteiger partial charge in [-0.1, -0.05) is 30.3 Å². The number of amides is 2. The molecule has 40 heavy (non-hydrogen) atoms. The first kappa shape index (κ1) is 25.9. The Kier molecular flexibility index (Phi) is 6.50. The number of anilines is 2. The molecule has 1 atom stereocenters. The van der Waals surface area contributed by atoms with E-state index in [1.165, 1.54) is 0 Å². The molecule has 0 spiro atoms. The fraction of sp³-hybridized carbons (Fsp3) is 0.367. The quantitative estimate of drug-likeness (QED) is 0.378. The zero-order chi connectivity index (χ0) is 28.0. The van der Waals surface area contributed by atoms with Crippen LogP contribution in [-0.4, -0.2) is 49.8 Å². The highest BCUT2D eigenvalue weighted by Crippen LogP contribution is 2.42. The number of rotatable bonds is 6. The van der Waals surface area contributed by atoms with Crippen LogP contribution in [0.15, 0.2) is 60.9 Å². The lowest BCUT2D eigenvalue weighted by Gasteiger charge is -2.28. The lowest BCUT2D eigenvalue weighted by atomic mass is 10.1. The van der Waals surface area contributed by atoms with Gasteiger partial charge < -0.3 is 10.5 Å². The maximum atomic E-state index is 13.7. The van der Waals surface area contributed by atoms with Crippen LogP contribution in [0.5, 0.6) is 0 Å². The van der Waals surface area contributed by atoms with Crippen LogP contribution < -0.4 is 15.5 Å². The minimum absolute atomic E-state index is 0.0864. The number of carbonyl (C=O) groups excluding carboxylic acids is 2. The lowest BCUT2D eigenvalue weighted by Crippen LogP contribution is -2.38. The average Bonchev–Trinajstić information content (AvgIpc) is 3.58. The number of hydrogen-bond acceptors (Lipinski definition) is 7. The topological polar surface area (TPSA) is 119 Å². The molecule has 1 saturated heterocycles. The summed E-state index contributed by atoms with van der Waals surface area (Å²) in [5.41, 5.74) is 9.80. The second-order valence-corrected chi connectivity index (χ2v) is 11.5. The fourth-order valence-electron chi connectivity index (χ4n) is 4.97. The summed E-state index contributed by atoms with van der Waals surface area (Å²) in [6.45, 7) is 6.10. The van der Waals surface area contributed by atoms with Gasteiger partial charge in [0.1, 0.15) is 17.2 Å². The molecule has 1 aliphatic heterocycles. The predicted octanol–water partition coefficient (Wildman–Crippen LogP) is 4.67. The molecule has 1 aromatic carbocycles. The summed E-state index contributed by atoms with van der Waals surface area (Å²) in [5, 5.41) is 4.65. The number of nitrogens with two attached hydrogens (primary N) is 1. The highest BCUT2D eigenvalue weighted by atomic mass is 16.6. The molecule has 0 radical (unpaired) electrons. The van der Waals surface area contributed by atoms with Crippen molar-refractivity contribution in [1.29, 1.82) is 0 Å². The van der Waals surface area contributed by atoms with Gasteiger partial charge in [-0.15, -0.1) is 0 Å². The van der Waals surface area contributed by atoms with Crippen LogP contribution in [0, 0.1) is 0 Å². The second-order valence-electron chi connectivity index (χ2n) is 11.5. The number of carbonyl (C=O) groups is 2. The van der Waals surface area contributed by atoms with Crippen molar-refractivity contribution in [1.82, 2.24) is 19.6 Å². The Balaban J connectivity index is 1.43. The zero-order valence-corrected chi connectivity index (χ0v) is 22.9. The summed E-state index contributed by atoms with van der Waals surface area (Å²) in [7, 11) is 0. The van der Waals surface area contributed by atoms with Crippen molar-refractivity contribution in [3.05, 3.63) is 72.1 Å². The van der Waals surface area contributed by atoms with Crippen molar-refractivity contribution in [3.63, 3.8) is 0 Å². The molecule has 2 amide bonds. The molecule has 2 aliphatic rings. The Labute approximate surface area is 232 Å². The largest absolute Gasteiger partial charge is 0.443 e. The Morgan fingerprint density at radius 3 is 2.55 bits per heavy atom. The molecule has 3 aromatic heterocycles. The zero-order valence-electron chi connectivity index (χ0n) is 22.9. The third-order valence-electron chi connectivity index (χ3n) is 7.06. The predicted molar refractivity (Wildman–Crippen MR) is 152 cm³/mol. The van der Waals surface area contributed by atoms with Gasteiger partial charge in [0.05, 0.1) is 18.4 Å². The van der Waals surface area contributed by atoms with Crippen molar-refractivity contribution in [3.8, 4) is 11.3 Å². The summed E-state index contributed by atoms with van der Waals surface area (Å²) in [5.74, 6) is 1.22. The number of pyridine rings is 1. The number of benzene rings is 1. The molecule has 206 valence electrons. The van der Waals surface area contributed by atoms with Crippen LogP contribution in [-0.2, 0) is 16.1 Å². The lowest BCUT2D eigenvalue weighted by molar-refractivity contribution is -0.117. The summed E-state index contributed by atoms with van der Waals surface area (Å²) in [6, 6.07) is 15.2. The Hall–Kier alpha value is -4.31. The SMILES string of the molecule is CC(C)(C)OC(=O)N(Cc1ccc(-c2ccccn2)cc1)c1cc(N2C[C@@H](N)CC2=O)nc2c(C3CC3)cnn12. The molecular weight excluding hydrogens is 506 g/mol. The van der Waals surface area contributed by atoms with E-state index in [4.69, 9.17) is 15.5 Å². The van der Waals surface area contributed by atoms with E-state index in [1.807, 2.05) is 69.4 Å². The first-order valence-electron chi connectivity index (χ1n) is 13.6. The van der Waals surface area contributed by atoms with E-state index in [9.17, 15) is 9.59 Å².